The number of rotatable bonds is 7. The molecule has 1 fully saturated rings. The quantitative estimate of drug-likeness (QED) is 0.720. The number of ether oxygens (including phenoxy) is 1. The van der Waals surface area contributed by atoms with E-state index in [9.17, 15) is 0 Å². The number of hydrogen-bond donors (Lipinski definition) is 1. The molecule has 0 amide bonds. The van der Waals surface area contributed by atoms with Crippen molar-refractivity contribution in [2.75, 3.05) is 33.3 Å². The monoisotopic (exact) mass is 228 g/mol. The second-order valence-electron chi connectivity index (χ2n) is 4.77. The van der Waals surface area contributed by atoms with Gasteiger partial charge in [-0.05, 0) is 32.2 Å². The van der Waals surface area contributed by atoms with E-state index in [4.69, 9.17) is 4.74 Å². The van der Waals surface area contributed by atoms with Gasteiger partial charge in [-0.1, -0.05) is 13.8 Å². The van der Waals surface area contributed by atoms with Crippen LogP contribution >= 0.6 is 0 Å². The summed E-state index contributed by atoms with van der Waals surface area (Å²) in [7, 11) is 1.83. The predicted octanol–water partition coefficient (Wildman–Crippen LogP) is 1.88. The predicted molar refractivity (Wildman–Crippen MR) is 68.8 cm³/mol. The molecule has 0 spiro atoms. The van der Waals surface area contributed by atoms with Crippen LogP contribution in [-0.4, -0.2) is 50.3 Å². The van der Waals surface area contributed by atoms with Gasteiger partial charge in [-0.25, -0.2) is 0 Å². The van der Waals surface area contributed by atoms with E-state index >= 15 is 0 Å². The summed E-state index contributed by atoms with van der Waals surface area (Å²) in [6.45, 7) is 9.14. The van der Waals surface area contributed by atoms with Crippen molar-refractivity contribution in [3.05, 3.63) is 0 Å². The molecule has 1 unspecified atom stereocenters. The van der Waals surface area contributed by atoms with Gasteiger partial charge >= 0.3 is 0 Å². The Bertz CT molecular complexity index is 171. The lowest BCUT2D eigenvalue weighted by Crippen LogP contribution is -2.43. The van der Waals surface area contributed by atoms with Crippen LogP contribution in [0.5, 0.6) is 0 Å². The Kier molecular flexibility index (Phi) is 7.01. The lowest BCUT2D eigenvalue weighted by molar-refractivity contribution is 0.0316. The first-order chi connectivity index (χ1) is 7.80. The summed E-state index contributed by atoms with van der Waals surface area (Å²) in [6.07, 6.45) is 5.44. The van der Waals surface area contributed by atoms with Crippen molar-refractivity contribution in [1.82, 2.24) is 10.2 Å². The molecule has 3 heteroatoms. The van der Waals surface area contributed by atoms with Crippen LogP contribution in [0, 0.1) is 0 Å². The van der Waals surface area contributed by atoms with E-state index < -0.39 is 0 Å². The number of hydrogen-bond acceptors (Lipinski definition) is 3. The van der Waals surface area contributed by atoms with Crippen LogP contribution in [0.2, 0.25) is 0 Å². The Labute approximate surface area is 101 Å². The van der Waals surface area contributed by atoms with E-state index in [0.29, 0.717) is 12.1 Å². The van der Waals surface area contributed by atoms with E-state index in [2.05, 4.69) is 24.1 Å². The molecule has 0 aromatic heterocycles. The zero-order valence-electron chi connectivity index (χ0n) is 11.2. The van der Waals surface area contributed by atoms with E-state index in [1.54, 1.807) is 0 Å². The largest absolute Gasteiger partial charge is 0.380 e. The van der Waals surface area contributed by atoms with Crippen LogP contribution in [0.25, 0.3) is 0 Å². The third-order valence-corrected chi connectivity index (χ3v) is 3.64. The van der Waals surface area contributed by atoms with Gasteiger partial charge in [-0.15, -0.1) is 0 Å². The van der Waals surface area contributed by atoms with Gasteiger partial charge in [-0.3, -0.25) is 4.90 Å². The molecule has 1 heterocycles. The fourth-order valence-corrected chi connectivity index (χ4v) is 2.41. The standard InChI is InChI=1S/C13H28N2O/c1-4-12(5-2)14-8-10-15-9-6-7-13(11-15)16-3/h12-14H,4-11H2,1-3H3. The third-order valence-electron chi connectivity index (χ3n) is 3.64. The molecular weight excluding hydrogens is 200 g/mol. The lowest BCUT2D eigenvalue weighted by Gasteiger charge is -2.32. The highest BCUT2D eigenvalue weighted by Crippen LogP contribution is 2.11. The zero-order chi connectivity index (χ0) is 11.8. The maximum absolute atomic E-state index is 5.43. The van der Waals surface area contributed by atoms with Gasteiger partial charge in [-0.2, -0.15) is 0 Å². The van der Waals surface area contributed by atoms with Gasteiger partial charge in [0.05, 0.1) is 6.10 Å². The van der Waals surface area contributed by atoms with Gasteiger partial charge in [0, 0.05) is 32.8 Å². The minimum absolute atomic E-state index is 0.460. The molecule has 3 nitrogen and oxygen atoms in total. The van der Waals surface area contributed by atoms with Crippen molar-refractivity contribution in [2.24, 2.45) is 0 Å². The number of nitrogens with one attached hydrogen (secondary N) is 1. The molecule has 1 atom stereocenters. The van der Waals surface area contributed by atoms with Gasteiger partial charge < -0.3 is 10.1 Å². The summed E-state index contributed by atoms with van der Waals surface area (Å²) >= 11 is 0. The molecule has 0 aromatic carbocycles. The van der Waals surface area contributed by atoms with Crippen molar-refractivity contribution in [3.63, 3.8) is 0 Å². The molecule has 1 N–H and O–H groups in total. The van der Waals surface area contributed by atoms with Gasteiger partial charge in [0.2, 0.25) is 0 Å². The van der Waals surface area contributed by atoms with Gasteiger partial charge in [0.15, 0.2) is 0 Å². The number of piperidine rings is 1. The van der Waals surface area contributed by atoms with Crippen molar-refractivity contribution < 1.29 is 4.74 Å². The molecule has 1 aliphatic rings. The molecule has 96 valence electrons. The summed E-state index contributed by atoms with van der Waals surface area (Å²) in [4.78, 5) is 2.52. The maximum atomic E-state index is 5.43. The van der Waals surface area contributed by atoms with Crippen LogP contribution in [0.4, 0.5) is 0 Å². The first kappa shape index (κ1) is 13.9. The fourth-order valence-electron chi connectivity index (χ4n) is 2.41. The lowest BCUT2D eigenvalue weighted by atomic mass is 10.1. The summed E-state index contributed by atoms with van der Waals surface area (Å²) < 4.78 is 5.43. The number of likely N-dealkylation sites (tertiary alicyclic amines) is 1. The minimum Gasteiger partial charge on any atom is -0.380 e. The van der Waals surface area contributed by atoms with Crippen LogP contribution in [0.15, 0.2) is 0 Å². The highest BCUT2D eigenvalue weighted by Gasteiger charge is 2.18. The van der Waals surface area contributed by atoms with Gasteiger partial charge in [0.25, 0.3) is 0 Å². The first-order valence-corrected chi connectivity index (χ1v) is 6.78. The molecule has 0 radical (unpaired) electrons. The molecule has 0 bridgehead atoms. The molecular formula is C13H28N2O. The van der Waals surface area contributed by atoms with Crippen molar-refractivity contribution >= 4 is 0 Å². The van der Waals surface area contributed by atoms with Crippen molar-refractivity contribution in [3.8, 4) is 0 Å². The van der Waals surface area contributed by atoms with Crippen LogP contribution < -0.4 is 5.32 Å². The third kappa shape index (κ3) is 4.81. The summed E-state index contributed by atoms with van der Waals surface area (Å²) in [5.74, 6) is 0. The smallest absolute Gasteiger partial charge is 0.0698 e. The topological polar surface area (TPSA) is 24.5 Å². The maximum Gasteiger partial charge on any atom is 0.0698 e. The Hall–Kier alpha value is -0.120. The van der Waals surface area contributed by atoms with Crippen LogP contribution in [0.1, 0.15) is 39.5 Å². The second kappa shape index (κ2) is 8.04. The van der Waals surface area contributed by atoms with E-state index in [0.717, 1.165) is 19.6 Å². The molecule has 1 aliphatic heterocycles. The zero-order valence-corrected chi connectivity index (χ0v) is 11.2. The average Bonchev–Trinajstić information content (AvgIpc) is 2.35. The number of methoxy groups -OCH3 is 1. The molecule has 0 aliphatic carbocycles. The fraction of sp³-hybridized carbons (Fsp3) is 1.00. The van der Waals surface area contributed by atoms with Crippen molar-refractivity contribution in [1.29, 1.82) is 0 Å². The molecule has 1 rings (SSSR count). The van der Waals surface area contributed by atoms with E-state index in [1.807, 2.05) is 7.11 Å². The number of nitrogens with zero attached hydrogens (tertiary/aromatic N) is 1. The Morgan fingerprint density at radius 3 is 2.75 bits per heavy atom. The summed E-state index contributed by atoms with van der Waals surface area (Å²) in [6, 6.07) is 0.697. The van der Waals surface area contributed by atoms with Gasteiger partial charge in [0.1, 0.15) is 0 Å². The molecule has 0 aromatic rings. The Morgan fingerprint density at radius 1 is 1.38 bits per heavy atom. The Morgan fingerprint density at radius 2 is 2.12 bits per heavy atom. The molecule has 1 saturated heterocycles. The van der Waals surface area contributed by atoms with Crippen LogP contribution in [-0.2, 0) is 4.74 Å². The molecule has 0 saturated carbocycles. The molecule has 16 heavy (non-hydrogen) atoms. The highest BCUT2D eigenvalue weighted by molar-refractivity contribution is 4.74. The normalized spacial score (nSPS) is 22.9. The minimum atomic E-state index is 0.460. The van der Waals surface area contributed by atoms with E-state index in [1.165, 1.54) is 32.2 Å². The van der Waals surface area contributed by atoms with E-state index in [-0.39, 0.29) is 0 Å². The van der Waals surface area contributed by atoms with Crippen molar-refractivity contribution in [2.45, 2.75) is 51.7 Å². The summed E-state index contributed by atoms with van der Waals surface area (Å²) in [5.41, 5.74) is 0. The average molecular weight is 228 g/mol. The highest BCUT2D eigenvalue weighted by atomic mass is 16.5. The first-order valence-electron chi connectivity index (χ1n) is 6.78. The SMILES string of the molecule is CCC(CC)NCCN1CCCC(OC)C1. The van der Waals surface area contributed by atoms with Crippen LogP contribution in [0.3, 0.4) is 0 Å². The second-order valence-corrected chi connectivity index (χ2v) is 4.77. The summed E-state index contributed by atoms with van der Waals surface area (Å²) in [5, 5.41) is 3.62. The Balaban J connectivity index is 2.12.